The Labute approximate surface area is 175 Å². The predicted molar refractivity (Wildman–Crippen MR) is 112 cm³/mol. The van der Waals surface area contributed by atoms with Crippen molar-refractivity contribution >= 4 is 54.0 Å². The number of thiazole rings is 1. The molecule has 0 unspecified atom stereocenters. The van der Waals surface area contributed by atoms with E-state index < -0.39 is 10.0 Å². The molecule has 0 bridgehead atoms. The molecule has 1 heterocycles. The van der Waals surface area contributed by atoms with Crippen molar-refractivity contribution in [1.29, 1.82) is 0 Å². The molecule has 3 rings (SSSR count). The number of nitrogens with one attached hydrogen (secondary N) is 2. The zero-order chi connectivity index (χ0) is 20.1. The van der Waals surface area contributed by atoms with Crippen LogP contribution in [-0.2, 0) is 14.8 Å². The van der Waals surface area contributed by atoms with E-state index in [2.05, 4.69) is 31.0 Å². The highest BCUT2D eigenvalue weighted by molar-refractivity contribution is 9.10. The maximum atomic E-state index is 12.3. The summed E-state index contributed by atoms with van der Waals surface area (Å²) in [6.07, 6.45) is 1.51. The Morgan fingerprint density at radius 3 is 2.61 bits per heavy atom. The number of benzene rings is 2. The first-order valence-electron chi connectivity index (χ1n) is 8.05. The molecule has 2 aromatic carbocycles. The van der Waals surface area contributed by atoms with E-state index in [1.165, 1.54) is 41.8 Å². The van der Waals surface area contributed by atoms with E-state index in [-0.39, 0.29) is 22.5 Å². The highest BCUT2D eigenvalue weighted by Gasteiger charge is 2.15. The number of aromatic nitrogens is 1. The predicted octanol–water partition coefficient (Wildman–Crippen LogP) is 4.03. The zero-order valence-electron chi connectivity index (χ0n) is 14.7. The fraction of sp³-hybridized carbons (Fsp3) is 0.111. The van der Waals surface area contributed by atoms with E-state index in [4.69, 9.17) is 4.74 Å². The number of rotatable bonds is 7. The SMILES string of the molecule is Cc1ccc(OCC(=O)Nc2ccc(S(=O)(=O)Nc3nccs3)cc2)c(Br)c1. The molecule has 0 aliphatic carbocycles. The van der Waals surface area contributed by atoms with Gasteiger partial charge in [-0.1, -0.05) is 6.07 Å². The Balaban J connectivity index is 1.58. The maximum absolute atomic E-state index is 12.3. The second kappa shape index (κ2) is 8.72. The molecule has 0 atom stereocenters. The van der Waals surface area contributed by atoms with Gasteiger partial charge in [0.2, 0.25) is 0 Å². The molecule has 0 aliphatic heterocycles. The van der Waals surface area contributed by atoms with Gasteiger partial charge in [-0.25, -0.2) is 13.4 Å². The van der Waals surface area contributed by atoms with Gasteiger partial charge < -0.3 is 10.1 Å². The third kappa shape index (κ3) is 5.31. The third-order valence-electron chi connectivity index (χ3n) is 3.55. The largest absolute Gasteiger partial charge is 0.483 e. The number of hydrogen-bond donors (Lipinski definition) is 2. The van der Waals surface area contributed by atoms with Crippen LogP contribution in [0.25, 0.3) is 0 Å². The van der Waals surface area contributed by atoms with Gasteiger partial charge in [-0.15, -0.1) is 11.3 Å². The summed E-state index contributed by atoms with van der Waals surface area (Å²) in [6, 6.07) is 11.4. The standard InChI is InChI=1S/C18H16BrN3O4S2/c1-12-2-7-16(15(19)10-12)26-11-17(23)21-13-3-5-14(6-4-13)28(24,25)22-18-20-8-9-27-18/h2-10H,11H2,1H3,(H,20,22)(H,21,23). The minimum atomic E-state index is -3.73. The van der Waals surface area contributed by atoms with Crippen molar-refractivity contribution in [1.82, 2.24) is 4.98 Å². The molecule has 0 aliphatic rings. The summed E-state index contributed by atoms with van der Waals surface area (Å²) < 4.78 is 33.2. The average molecular weight is 482 g/mol. The number of aryl methyl sites for hydroxylation is 1. The van der Waals surface area contributed by atoms with Gasteiger partial charge in [0, 0.05) is 17.3 Å². The minimum absolute atomic E-state index is 0.0699. The molecule has 2 N–H and O–H groups in total. The summed E-state index contributed by atoms with van der Waals surface area (Å²) >= 11 is 4.57. The molecule has 1 amide bonds. The Bertz CT molecular complexity index is 1070. The molecule has 3 aromatic rings. The van der Waals surface area contributed by atoms with Crippen LogP contribution in [0.1, 0.15) is 5.56 Å². The first-order chi connectivity index (χ1) is 13.3. The highest BCUT2D eigenvalue weighted by atomic mass is 79.9. The summed E-state index contributed by atoms with van der Waals surface area (Å²) in [4.78, 5) is 16.0. The van der Waals surface area contributed by atoms with Gasteiger partial charge in [-0.05, 0) is 64.8 Å². The van der Waals surface area contributed by atoms with Crippen molar-refractivity contribution in [2.45, 2.75) is 11.8 Å². The number of nitrogens with zero attached hydrogens (tertiary/aromatic N) is 1. The van der Waals surface area contributed by atoms with E-state index in [1.807, 2.05) is 19.1 Å². The lowest BCUT2D eigenvalue weighted by Crippen LogP contribution is -2.20. The van der Waals surface area contributed by atoms with Crippen molar-refractivity contribution in [3.63, 3.8) is 0 Å². The molecular weight excluding hydrogens is 466 g/mol. The molecule has 0 radical (unpaired) electrons. The number of anilines is 2. The van der Waals surface area contributed by atoms with Crippen molar-refractivity contribution in [3.8, 4) is 5.75 Å². The van der Waals surface area contributed by atoms with Gasteiger partial charge >= 0.3 is 0 Å². The monoisotopic (exact) mass is 481 g/mol. The fourth-order valence-electron chi connectivity index (χ4n) is 2.23. The van der Waals surface area contributed by atoms with Crippen molar-refractivity contribution in [2.75, 3.05) is 16.6 Å². The van der Waals surface area contributed by atoms with Crippen LogP contribution in [0.15, 0.2) is 63.4 Å². The van der Waals surface area contributed by atoms with Crippen LogP contribution in [0.2, 0.25) is 0 Å². The maximum Gasteiger partial charge on any atom is 0.263 e. The Hall–Kier alpha value is -2.43. The summed E-state index contributed by atoms with van der Waals surface area (Å²) in [6.45, 7) is 1.78. The van der Waals surface area contributed by atoms with Crippen molar-refractivity contribution < 1.29 is 17.9 Å². The number of halogens is 1. The number of carbonyl (C=O) groups excluding carboxylic acids is 1. The number of amides is 1. The van der Waals surface area contributed by atoms with E-state index in [1.54, 1.807) is 11.4 Å². The first kappa shape index (κ1) is 20.3. The van der Waals surface area contributed by atoms with Gasteiger partial charge in [0.15, 0.2) is 11.7 Å². The third-order valence-corrected chi connectivity index (χ3v) is 6.34. The van der Waals surface area contributed by atoms with Crippen LogP contribution < -0.4 is 14.8 Å². The Kier molecular flexibility index (Phi) is 6.32. The molecule has 10 heteroatoms. The van der Waals surface area contributed by atoms with Gasteiger partial charge in [0.1, 0.15) is 5.75 Å². The van der Waals surface area contributed by atoms with E-state index >= 15 is 0 Å². The fourth-order valence-corrected chi connectivity index (χ4v) is 4.62. The van der Waals surface area contributed by atoms with Gasteiger partial charge in [-0.2, -0.15) is 0 Å². The number of sulfonamides is 1. The molecule has 0 spiro atoms. The summed E-state index contributed by atoms with van der Waals surface area (Å²) in [5.41, 5.74) is 1.54. The second-order valence-electron chi connectivity index (χ2n) is 5.74. The van der Waals surface area contributed by atoms with Crippen molar-refractivity contribution in [3.05, 3.63) is 64.1 Å². The van der Waals surface area contributed by atoms with E-state index in [9.17, 15) is 13.2 Å². The van der Waals surface area contributed by atoms with Crippen molar-refractivity contribution in [2.24, 2.45) is 0 Å². The number of hydrogen-bond acceptors (Lipinski definition) is 6. The van der Waals surface area contributed by atoms with E-state index in [0.717, 1.165) is 10.0 Å². The van der Waals surface area contributed by atoms with Crippen LogP contribution in [-0.4, -0.2) is 25.9 Å². The van der Waals surface area contributed by atoms with E-state index in [0.29, 0.717) is 11.4 Å². The second-order valence-corrected chi connectivity index (χ2v) is 9.17. The minimum Gasteiger partial charge on any atom is -0.483 e. The summed E-state index contributed by atoms with van der Waals surface area (Å²) in [7, 11) is -3.73. The van der Waals surface area contributed by atoms with Crippen LogP contribution in [0.3, 0.4) is 0 Å². The lowest BCUT2D eigenvalue weighted by atomic mass is 10.2. The Morgan fingerprint density at radius 1 is 1.21 bits per heavy atom. The van der Waals surface area contributed by atoms with Gasteiger partial charge in [-0.3, -0.25) is 9.52 Å². The summed E-state index contributed by atoms with van der Waals surface area (Å²) in [5, 5.41) is 4.63. The normalized spacial score (nSPS) is 11.1. The number of carbonyl (C=O) groups is 1. The average Bonchev–Trinajstić information content (AvgIpc) is 3.14. The lowest BCUT2D eigenvalue weighted by molar-refractivity contribution is -0.118. The summed E-state index contributed by atoms with van der Waals surface area (Å²) in [5.74, 6) is 0.208. The zero-order valence-corrected chi connectivity index (χ0v) is 17.9. The molecule has 7 nitrogen and oxygen atoms in total. The molecule has 146 valence electrons. The van der Waals surface area contributed by atoms with Crippen LogP contribution in [0.5, 0.6) is 5.75 Å². The molecule has 0 saturated carbocycles. The molecule has 1 aromatic heterocycles. The van der Waals surface area contributed by atoms with Gasteiger partial charge in [0.25, 0.3) is 15.9 Å². The lowest BCUT2D eigenvalue weighted by Gasteiger charge is -2.10. The van der Waals surface area contributed by atoms with Crippen LogP contribution >= 0.6 is 27.3 Å². The van der Waals surface area contributed by atoms with Gasteiger partial charge in [0.05, 0.1) is 9.37 Å². The first-order valence-corrected chi connectivity index (χ1v) is 11.2. The van der Waals surface area contributed by atoms with Crippen LogP contribution in [0.4, 0.5) is 10.8 Å². The molecular formula is C18H16BrN3O4S2. The topological polar surface area (TPSA) is 97.4 Å². The smallest absolute Gasteiger partial charge is 0.263 e. The quantitative estimate of drug-likeness (QED) is 0.530. The number of ether oxygens (including phenoxy) is 1. The Morgan fingerprint density at radius 2 is 1.96 bits per heavy atom. The highest BCUT2D eigenvalue weighted by Crippen LogP contribution is 2.25. The molecule has 28 heavy (non-hydrogen) atoms. The molecule has 0 saturated heterocycles. The molecule has 0 fully saturated rings. The van der Waals surface area contributed by atoms with Crippen LogP contribution in [0, 0.1) is 6.92 Å².